The summed E-state index contributed by atoms with van der Waals surface area (Å²) in [6.45, 7) is 0.359. The summed E-state index contributed by atoms with van der Waals surface area (Å²) in [5, 5.41) is 5.36. The summed E-state index contributed by atoms with van der Waals surface area (Å²) >= 11 is 6.20. The van der Waals surface area contributed by atoms with E-state index < -0.39 is 15.8 Å². The SMILES string of the molecule is NC[C@H]1Cc2cc(-c3ccc(S(N)(=O)=O)cc3F)cc(Cl)c2O1. The standard InChI is InChI=1S/C15H14ClFN2O3S/c16-13-5-8(3-9-4-10(7-18)22-15(9)13)12-2-1-11(6-14(12)17)23(19,20)21/h1-3,5-6,10H,4,7,18H2,(H2,19,20,21)/t10-/m1/s1. The van der Waals surface area contributed by atoms with Crippen molar-refractivity contribution < 1.29 is 17.5 Å². The van der Waals surface area contributed by atoms with Crippen molar-refractivity contribution in [1.29, 1.82) is 0 Å². The Kier molecular flexibility index (Phi) is 4.05. The average molecular weight is 357 g/mol. The van der Waals surface area contributed by atoms with E-state index in [9.17, 15) is 12.8 Å². The van der Waals surface area contributed by atoms with E-state index in [1.54, 1.807) is 12.1 Å². The predicted octanol–water partition coefficient (Wildman–Crippen LogP) is 2.06. The molecule has 2 aromatic rings. The highest BCUT2D eigenvalue weighted by Gasteiger charge is 2.25. The fourth-order valence-electron chi connectivity index (χ4n) is 2.58. The van der Waals surface area contributed by atoms with Crippen LogP contribution in [0.1, 0.15) is 5.56 Å². The molecule has 3 rings (SSSR count). The number of nitrogens with two attached hydrogens (primary N) is 2. The Bertz CT molecular complexity index is 887. The van der Waals surface area contributed by atoms with Crippen molar-refractivity contribution in [1.82, 2.24) is 0 Å². The van der Waals surface area contributed by atoms with Gasteiger partial charge in [0, 0.05) is 24.1 Å². The summed E-state index contributed by atoms with van der Waals surface area (Å²) in [6, 6.07) is 6.86. The number of rotatable bonds is 3. The van der Waals surface area contributed by atoms with E-state index in [2.05, 4.69) is 0 Å². The monoisotopic (exact) mass is 356 g/mol. The van der Waals surface area contributed by atoms with Crippen LogP contribution in [-0.4, -0.2) is 21.1 Å². The minimum atomic E-state index is -3.95. The molecule has 1 aliphatic rings. The van der Waals surface area contributed by atoms with Gasteiger partial charge in [0.05, 0.1) is 9.92 Å². The van der Waals surface area contributed by atoms with Crippen LogP contribution in [0, 0.1) is 5.82 Å². The molecular weight excluding hydrogens is 343 g/mol. The summed E-state index contributed by atoms with van der Waals surface area (Å²) in [5.41, 5.74) is 7.21. The van der Waals surface area contributed by atoms with Gasteiger partial charge >= 0.3 is 0 Å². The van der Waals surface area contributed by atoms with Crippen LogP contribution in [0.5, 0.6) is 5.75 Å². The zero-order chi connectivity index (χ0) is 16.8. The molecule has 122 valence electrons. The maximum absolute atomic E-state index is 14.3. The molecule has 0 amide bonds. The molecule has 1 heterocycles. The third kappa shape index (κ3) is 3.05. The molecule has 1 atom stereocenters. The van der Waals surface area contributed by atoms with Gasteiger partial charge in [0.2, 0.25) is 10.0 Å². The minimum Gasteiger partial charge on any atom is -0.487 e. The number of sulfonamides is 1. The lowest BCUT2D eigenvalue weighted by Crippen LogP contribution is -2.24. The Hall–Kier alpha value is -1.67. The van der Waals surface area contributed by atoms with E-state index >= 15 is 0 Å². The minimum absolute atomic E-state index is 0.146. The molecule has 4 N–H and O–H groups in total. The summed E-state index contributed by atoms with van der Waals surface area (Å²) in [4.78, 5) is -0.280. The van der Waals surface area contributed by atoms with Crippen molar-refractivity contribution in [2.45, 2.75) is 17.4 Å². The second-order valence-electron chi connectivity index (χ2n) is 5.31. The van der Waals surface area contributed by atoms with E-state index in [1.807, 2.05) is 0 Å². The average Bonchev–Trinajstić information content (AvgIpc) is 2.90. The van der Waals surface area contributed by atoms with Crippen molar-refractivity contribution in [2.24, 2.45) is 10.9 Å². The fraction of sp³-hybridized carbons (Fsp3) is 0.200. The molecule has 0 spiro atoms. The molecule has 23 heavy (non-hydrogen) atoms. The van der Waals surface area contributed by atoms with Gasteiger partial charge in [-0.1, -0.05) is 17.7 Å². The third-order valence-electron chi connectivity index (χ3n) is 3.70. The van der Waals surface area contributed by atoms with Gasteiger partial charge in [-0.3, -0.25) is 0 Å². The number of ether oxygens (including phenoxy) is 1. The van der Waals surface area contributed by atoms with Gasteiger partial charge in [-0.25, -0.2) is 17.9 Å². The second kappa shape index (κ2) is 5.76. The van der Waals surface area contributed by atoms with Gasteiger partial charge in [0.1, 0.15) is 17.7 Å². The zero-order valence-electron chi connectivity index (χ0n) is 11.9. The third-order valence-corrected chi connectivity index (χ3v) is 4.89. The molecule has 1 aliphatic heterocycles. The summed E-state index contributed by atoms with van der Waals surface area (Å²) < 4.78 is 42.4. The second-order valence-corrected chi connectivity index (χ2v) is 7.28. The van der Waals surface area contributed by atoms with Gasteiger partial charge in [-0.2, -0.15) is 0 Å². The van der Waals surface area contributed by atoms with Crippen LogP contribution >= 0.6 is 11.6 Å². The Morgan fingerprint density at radius 1 is 1.30 bits per heavy atom. The molecule has 5 nitrogen and oxygen atoms in total. The first-order valence-corrected chi connectivity index (χ1v) is 8.74. The zero-order valence-corrected chi connectivity index (χ0v) is 13.5. The van der Waals surface area contributed by atoms with Crippen LogP contribution in [0.25, 0.3) is 11.1 Å². The van der Waals surface area contributed by atoms with Gasteiger partial charge in [-0.15, -0.1) is 0 Å². The van der Waals surface area contributed by atoms with Gasteiger partial charge < -0.3 is 10.5 Å². The summed E-state index contributed by atoms with van der Waals surface area (Å²) in [6.07, 6.45) is 0.448. The maximum Gasteiger partial charge on any atom is 0.238 e. The molecule has 0 fully saturated rings. The van der Waals surface area contributed by atoms with Crippen LogP contribution in [-0.2, 0) is 16.4 Å². The number of hydrogen-bond donors (Lipinski definition) is 2. The Morgan fingerprint density at radius 2 is 2.04 bits per heavy atom. The molecule has 0 aliphatic carbocycles. The van der Waals surface area contributed by atoms with Crippen LogP contribution < -0.4 is 15.6 Å². The normalized spacial score (nSPS) is 17.0. The van der Waals surface area contributed by atoms with Gasteiger partial charge in [0.25, 0.3) is 0 Å². The first-order chi connectivity index (χ1) is 10.8. The van der Waals surface area contributed by atoms with E-state index in [4.69, 9.17) is 27.2 Å². The highest BCUT2D eigenvalue weighted by molar-refractivity contribution is 7.89. The number of hydrogen-bond acceptors (Lipinski definition) is 4. The van der Waals surface area contributed by atoms with Crippen LogP contribution in [0.15, 0.2) is 35.2 Å². The quantitative estimate of drug-likeness (QED) is 0.879. The molecule has 0 saturated heterocycles. The smallest absolute Gasteiger partial charge is 0.238 e. The van der Waals surface area contributed by atoms with Crippen molar-refractivity contribution in [3.63, 3.8) is 0 Å². The van der Waals surface area contributed by atoms with Crippen LogP contribution in [0.4, 0.5) is 4.39 Å². The molecule has 0 saturated carbocycles. The van der Waals surface area contributed by atoms with Gasteiger partial charge in [-0.05, 0) is 29.8 Å². The van der Waals surface area contributed by atoms with Crippen molar-refractivity contribution in [2.75, 3.05) is 6.54 Å². The summed E-state index contributed by atoms with van der Waals surface area (Å²) in [7, 11) is -3.95. The highest BCUT2D eigenvalue weighted by Crippen LogP contribution is 2.40. The highest BCUT2D eigenvalue weighted by atomic mass is 35.5. The molecule has 0 radical (unpaired) electrons. The van der Waals surface area contributed by atoms with Crippen molar-refractivity contribution in [3.8, 4) is 16.9 Å². The van der Waals surface area contributed by atoms with E-state index in [-0.39, 0.29) is 16.6 Å². The first-order valence-electron chi connectivity index (χ1n) is 6.81. The number of primary sulfonamides is 1. The van der Waals surface area contributed by atoms with Gasteiger partial charge in [0.15, 0.2) is 0 Å². The van der Waals surface area contributed by atoms with Crippen molar-refractivity contribution in [3.05, 3.63) is 46.7 Å². The molecule has 2 aromatic carbocycles. The number of benzene rings is 2. The molecule has 0 aromatic heterocycles. The van der Waals surface area contributed by atoms with Crippen LogP contribution in [0.2, 0.25) is 5.02 Å². The van der Waals surface area contributed by atoms with Crippen LogP contribution in [0.3, 0.4) is 0 Å². The Morgan fingerprint density at radius 3 is 2.65 bits per heavy atom. The lowest BCUT2D eigenvalue weighted by atomic mass is 10.0. The largest absolute Gasteiger partial charge is 0.487 e. The summed E-state index contributed by atoms with van der Waals surface area (Å²) in [5.74, 6) is -0.130. The first kappa shape index (κ1) is 16.2. The number of fused-ring (bicyclic) bond motifs is 1. The predicted molar refractivity (Wildman–Crippen MR) is 85.4 cm³/mol. The topological polar surface area (TPSA) is 95.4 Å². The van der Waals surface area contributed by atoms with Crippen molar-refractivity contribution >= 4 is 21.6 Å². The Labute approximate surface area is 138 Å². The fourth-order valence-corrected chi connectivity index (χ4v) is 3.39. The molecule has 0 unspecified atom stereocenters. The Balaban J connectivity index is 2.06. The van der Waals surface area contributed by atoms with E-state index in [1.165, 1.54) is 12.1 Å². The lowest BCUT2D eigenvalue weighted by Gasteiger charge is -2.09. The molecular formula is C15H14ClFN2O3S. The van der Waals surface area contributed by atoms with E-state index in [0.717, 1.165) is 11.6 Å². The molecule has 0 bridgehead atoms. The lowest BCUT2D eigenvalue weighted by molar-refractivity contribution is 0.241. The number of halogens is 2. The van der Waals surface area contributed by atoms with E-state index in [0.29, 0.717) is 29.3 Å². The maximum atomic E-state index is 14.3. The molecule has 8 heteroatoms.